The van der Waals surface area contributed by atoms with E-state index in [1.54, 1.807) is 7.11 Å². The number of nitrogens with zero attached hydrogens (tertiary/aromatic N) is 1. The molecule has 156 valence electrons. The Balaban J connectivity index is 1.47. The van der Waals surface area contributed by atoms with Crippen LogP contribution >= 0.6 is 0 Å². The Bertz CT molecular complexity index is 809. The first-order valence-corrected chi connectivity index (χ1v) is 10.4. The van der Waals surface area contributed by atoms with Crippen molar-refractivity contribution >= 4 is 11.6 Å². The van der Waals surface area contributed by atoms with E-state index in [2.05, 4.69) is 48.3 Å². The number of hydrogen-bond donors (Lipinski definition) is 1. The first kappa shape index (κ1) is 21.0. The summed E-state index contributed by atoms with van der Waals surface area (Å²) in [6.07, 6.45) is 1.86. The van der Waals surface area contributed by atoms with Crippen molar-refractivity contribution < 1.29 is 14.3 Å². The number of anilines is 1. The Kier molecular flexibility index (Phi) is 7.02. The smallest absolute Gasteiger partial charge is 0.258 e. The molecule has 0 aliphatic carbocycles. The average Bonchev–Trinajstić information content (AvgIpc) is 2.73. The monoisotopic (exact) mass is 396 g/mol. The first-order chi connectivity index (χ1) is 14.0. The van der Waals surface area contributed by atoms with Crippen LogP contribution in [0.2, 0.25) is 0 Å². The molecular formula is C24H32N2O3. The second-order valence-electron chi connectivity index (χ2n) is 8.01. The predicted molar refractivity (Wildman–Crippen MR) is 117 cm³/mol. The summed E-state index contributed by atoms with van der Waals surface area (Å²) in [5.74, 6) is 1.98. The van der Waals surface area contributed by atoms with Crippen LogP contribution in [0.5, 0.6) is 11.5 Å². The number of nitrogens with one attached hydrogen (secondary N) is 1. The zero-order valence-electron chi connectivity index (χ0n) is 17.9. The highest BCUT2D eigenvalue weighted by Crippen LogP contribution is 2.27. The molecule has 0 radical (unpaired) electrons. The predicted octanol–water partition coefficient (Wildman–Crippen LogP) is 4.29. The van der Waals surface area contributed by atoms with Gasteiger partial charge in [0.1, 0.15) is 11.5 Å². The number of ether oxygens (including phenoxy) is 2. The van der Waals surface area contributed by atoms with Crippen LogP contribution < -0.4 is 19.7 Å². The summed E-state index contributed by atoms with van der Waals surface area (Å²) in [6, 6.07) is 14.5. The molecule has 1 fully saturated rings. The first-order valence-electron chi connectivity index (χ1n) is 10.4. The van der Waals surface area contributed by atoms with Gasteiger partial charge in [0, 0.05) is 24.8 Å². The van der Waals surface area contributed by atoms with Gasteiger partial charge in [0.05, 0.1) is 7.11 Å². The molecule has 0 aromatic heterocycles. The van der Waals surface area contributed by atoms with Crippen molar-refractivity contribution in [3.63, 3.8) is 0 Å². The summed E-state index contributed by atoms with van der Waals surface area (Å²) in [4.78, 5) is 14.8. The maximum Gasteiger partial charge on any atom is 0.258 e. The topological polar surface area (TPSA) is 50.8 Å². The number of carbonyl (C=O) groups is 1. The van der Waals surface area contributed by atoms with E-state index in [9.17, 15) is 4.79 Å². The minimum atomic E-state index is -0.0518. The second-order valence-corrected chi connectivity index (χ2v) is 8.01. The molecular weight excluding hydrogens is 364 g/mol. The summed E-state index contributed by atoms with van der Waals surface area (Å²) in [5.41, 5.74) is 3.46. The molecule has 2 aromatic carbocycles. The van der Waals surface area contributed by atoms with Gasteiger partial charge in [-0.1, -0.05) is 26.0 Å². The molecule has 0 bridgehead atoms. The van der Waals surface area contributed by atoms with E-state index in [1.165, 1.54) is 5.69 Å². The maximum absolute atomic E-state index is 12.4. The van der Waals surface area contributed by atoms with Gasteiger partial charge in [0.25, 0.3) is 5.91 Å². The van der Waals surface area contributed by atoms with Crippen molar-refractivity contribution in [1.82, 2.24) is 5.32 Å². The molecule has 3 rings (SSSR count). The number of rotatable bonds is 7. The molecule has 0 spiro atoms. The molecule has 29 heavy (non-hydrogen) atoms. The zero-order valence-corrected chi connectivity index (χ0v) is 17.9. The lowest BCUT2D eigenvalue weighted by Gasteiger charge is -2.34. The Morgan fingerprint density at radius 3 is 2.45 bits per heavy atom. The maximum atomic E-state index is 12.4. The van der Waals surface area contributed by atoms with Gasteiger partial charge >= 0.3 is 0 Å². The molecule has 1 N–H and O–H groups in total. The van der Waals surface area contributed by atoms with Gasteiger partial charge in [-0.05, 0) is 67.1 Å². The lowest BCUT2D eigenvalue weighted by Crippen LogP contribution is -2.46. The molecule has 0 saturated carbocycles. The molecule has 0 atom stereocenters. The zero-order chi connectivity index (χ0) is 20.8. The Hall–Kier alpha value is -2.69. The van der Waals surface area contributed by atoms with Gasteiger partial charge in [-0.3, -0.25) is 4.79 Å². The molecule has 1 amide bonds. The van der Waals surface area contributed by atoms with E-state index in [0.717, 1.165) is 48.6 Å². The van der Waals surface area contributed by atoms with Gasteiger partial charge in [-0.25, -0.2) is 0 Å². The SMILES string of the molecule is COc1ccc(N2CCC(NC(=O)COc3cc(C)ccc3C(C)C)CC2)cc1. The van der Waals surface area contributed by atoms with E-state index in [4.69, 9.17) is 9.47 Å². The molecule has 5 nitrogen and oxygen atoms in total. The molecule has 1 saturated heterocycles. The normalized spacial score (nSPS) is 14.7. The number of methoxy groups -OCH3 is 1. The Labute approximate surface area is 174 Å². The highest BCUT2D eigenvalue weighted by molar-refractivity contribution is 5.78. The van der Waals surface area contributed by atoms with Gasteiger partial charge in [0.2, 0.25) is 0 Å². The lowest BCUT2D eigenvalue weighted by atomic mass is 10.0. The van der Waals surface area contributed by atoms with Crippen molar-refractivity contribution in [2.45, 2.75) is 45.6 Å². The van der Waals surface area contributed by atoms with Crippen molar-refractivity contribution in [3.05, 3.63) is 53.6 Å². The summed E-state index contributed by atoms with van der Waals surface area (Å²) in [5, 5.41) is 3.13. The van der Waals surface area contributed by atoms with Crippen LogP contribution in [0.25, 0.3) is 0 Å². The number of carbonyl (C=O) groups excluding carboxylic acids is 1. The Morgan fingerprint density at radius 2 is 1.83 bits per heavy atom. The molecule has 2 aromatic rings. The minimum absolute atomic E-state index is 0.0518. The van der Waals surface area contributed by atoms with Crippen molar-refractivity contribution in [2.24, 2.45) is 0 Å². The number of piperidine rings is 1. The fourth-order valence-electron chi connectivity index (χ4n) is 3.73. The van der Waals surface area contributed by atoms with E-state index in [-0.39, 0.29) is 18.6 Å². The fraction of sp³-hybridized carbons (Fsp3) is 0.458. The number of benzene rings is 2. The van der Waals surface area contributed by atoms with Crippen LogP contribution in [0.1, 0.15) is 43.7 Å². The van der Waals surface area contributed by atoms with Crippen molar-refractivity contribution in [1.29, 1.82) is 0 Å². The number of amides is 1. The summed E-state index contributed by atoms with van der Waals surface area (Å²) < 4.78 is 11.1. The quantitative estimate of drug-likeness (QED) is 0.758. The van der Waals surface area contributed by atoms with Crippen LogP contribution in [-0.4, -0.2) is 38.8 Å². The van der Waals surface area contributed by atoms with Crippen LogP contribution in [0.15, 0.2) is 42.5 Å². The molecule has 5 heteroatoms. The molecule has 1 aliphatic rings. The van der Waals surface area contributed by atoms with Crippen LogP contribution in [0.4, 0.5) is 5.69 Å². The van der Waals surface area contributed by atoms with Crippen molar-refractivity contribution in [2.75, 3.05) is 31.7 Å². The standard InChI is InChI=1S/C24H32N2O3/c1-17(2)22-10-5-18(3)15-23(22)29-16-24(27)25-19-11-13-26(14-12-19)20-6-8-21(28-4)9-7-20/h5-10,15,17,19H,11-14,16H2,1-4H3,(H,25,27). The highest BCUT2D eigenvalue weighted by Gasteiger charge is 2.21. The van der Waals surface area contributed by atoms with E-state index >= 15 is 0 Å². The van der Waals surface area contributed by atoms with E-state index < -0.39 is 0 Å². The molecule has 1 heterocycles. The van der Waals surface area contributed by atoms with E-state index in [0.29, 0.717) is 5.92 Å². The average molecular weight is 397 g/mol. The largest absolute Gasteiger partial charge is 0.497 e. The van der Waals surface area contributed by atoms with E-state index in [1.807, 2.05) is 25.1 Å². The third kappa shape index (κ3) is 5.66. The fourth-order valence-corrected chi connectivity index (χ4v) is 3.73. The Morgan fingerprint density at radius 1 is 1.14 bits per heavy atom. The van der Waals surface area contributed by atoms with Gasteiger partial charge in [-0.2, -0.15) is 0 Å². The third-order valence-electron chi connectivity index (χ3n) is 5.45. The van der Waals surface area contributed by atoms with Gasteiger partial charge < -0.3 is 19.7 Å². The highest BCUT2D eigenvalue weighted by atomic mass is 16.5. The summed E-state index contributed by atoms with van der Waals surface area (Å²) in [6.45, 7) is 8.21. The molecule has 1 aliphatic heterocycles. The van der Waals surface area contributed by atoms with Crippen LogP contribution in [-0.2, 0) is 4.79 Å². The lowest BCUT2D eigenvalue weighted by molar-refractivity contribution is -0.123. The summed E-state index contributed by atoms with van der Waals surface area (Å²) >= 11 is 0. The number of hydrogen-bond acceptors (Lipinski definition) is 4. The third-order valence-corrected chi connectivity index (χ3v) is 5.45. The van der Waals surface area contributed by atoms with Crippen LogP contribution in [0.3, 0.4) is 0 Å². The second kappa shape index (κ2) is 9.68. The minimum Gasteiger partial charge on any atom is -0.497 e. The van der Waals surface area contributed by atoms with Gasteiger partial charge in [-0.15, -0.1) is 0 Å². The van der Waals surface area contributed by atoms with Crippen molar-refractivity contribution in [3.8, 4) is 11.5 Å². The van der Waals surface area contributed by atoms with Gasteiger partial charge in [0.15, 0.2) is 6.61 Å². The molecule has 0 unspecified atom stereocenters. The number of aryl methyl sites for hydroxylation is 1. The van der Waals surface area contributed by atoms with Crippen LogP contribution in [0, 0.1) is 6.92 Å². The summed E-state index contributed by atoms with van der Waals surface area (Å²) in [7, 11) is 1.68.